The Hall–Kier alpha value is -2.56. The van der Waals surface area contributed by atoms with E-state index >= 15 is 0 Å². The van der Waals surface area contributed by atoms with Crippen LogP contribution in [0, 0.1) is 6.92 Å². The number of furan rings is 1. The lowest BCUT2D eigenvalue weighted by atomic mass is 10.3. The number of hydrogen-bond donors (Lipinski definition) is 0. The summed E-state index contributed by atoms with van der Waals surface area (Å²) in [7, 11) is 0. The molecule has 1 aromatic carbocycles. The average Bonchev–Trinajstić information content (AvgIpc) is 3.12. The number of carbonyl (C=O) groups excluding carboxylic acids is 1. The van der Waals surface area contributed by atoms with E-state index < -0.39 is 0 Å². The highest BCUT2D eigenvalue weighted by atomic mass is 16.3. The number of aromatic nitrogens is 2. The second kappa shape index (κ2) is 3.96. The van der Waals surface area contributed by atoms with E-state index in [0.29, 0.717) is 18.3 Å². The lowest BCUT2D eigenvalue weighted by Crippen LogP contribution is -2.29. The lowest BCUT2D eigenvalue weighted by molar-refractivity contribution is 0.0961. The molecule has 1 aliphatic rings. The van der Waals surface area contributed by atoms with Crippen LogP contribution in [-0.4, -0.2) is 22.0 Å². The number of carbonyl (C=O) groups is 1. The first-order valence-electron chi connectivity index (χ1n) is 6.57. The molecule has 2 aromatic heterocycles. The largest absolute Gasteiger partial charge is 0.456 e. The molecule has 100 valence electrons. The number of nitrogens with zero attached hydrogens (tertiary/aromatic N) is 3. The first kappa shape index (κ1) is 11.3. The van der Waals surface area contributed by atoms with Gasteiger partial charge in [-0.15, -0.1) is 0 Å². The van der Waals surface area contributed by atoms with Crippen LogP contribution in [0.1, 0.15) is 16.3 Å². The van der Waals surface area contributed by atoms with Crippen molar-refractivity contribution in [1.82, 2.24) is 9.55 Å². The zero-order chi connectivity index (χ0) is 13.7. The van der Waals surface area contributed by atoms with Gasteiger partial charge in [-0.2, -0.15) is 0 Å². The summed E-state index contributed by atoms with van der Waals surface area (Å²) in [5.74, 6) is 1.67. The number of imidazole rings is 1. The predicted octanol–water partition coefficient (Wildman–Crippen LogP) is 2.60. The SMILES string of the molecule is Cc1ccc(C(=O)N2CCn3c2nc2ccccc23)o1. The van der Waals surface area contributed by atoms with Crippen LogP contribution in [0.3, 0.4) is 0 Å². The highest BCUT2D eigenvalue weighted by Gasteiger charge is 2.30. The number of para-hydroxylation sites is 2. The number of rotatable bonds is 1. The Balaban J connectivity index is 1.79. The van der Waals surface area contributed by atoms with Crippen molar-refractivity contribution in [2.45, 2.75) is 13.5 Å². The van der Waals surface area contributed by atoms with Gasteiger partial charge in [0.1, 0.15) is 5.76 Å². The quantitative estimate of drug-likeness (QED) is 0.681. The molecule has 0 unspecified atom stereocenters. The second-order valence-corrected chi connectivity index (χ2v) is 4.92. The number of amides is 1. The standard InChI is InChI=1S/C15H13N3O2/c1-10-6-7-13(20-10)14(19)18-9-8-17-12-5-3-2-4-11(12)16-15(17)18/h2-7H,8-9H2,1H3. The summed E-state index contributed by atoms with van der Waals surface area (Å²) in [6.45, 7) is 3.23. The van der Waals surface area contributed by atoms with Crippen molar-refractivity contribution in [3.05, 3.63) is 47.9 Å². The Labute approximate surface area is 115 Å². The van der Waals surface area contributed by atoms with E-state index in [-0.39, 0.29) is 5.91 Å². The molecular weight excluding hydrogens is 254 g/mol. The van der Waals surface area contributed by atoms with Crippen LogP contribution in [0.4, 0.5) is 5.95 Å². The number of aryl methyl sites for hydroxylation is 1. The maximum Gasteiger partial charge on any atom is 0.296 e. The van der Waals surface area contributed by atoms with Crippen molar-refractivity contribution >= 4 is 22.9 Å². The van der Waals surface area contributed by atoms with E-state index in [2.05, 4.69) is 9.55 Å². The van der Waals surface area contributed by atoms with E-state index in [9.17, 15) is 4.79 Å². The van der Waals surface area contributed by atoms with Crippen molar-refractivity contribution in [2.75, 3.05) is 11.4 Å². The predicted molar refractivity (Wildman–Crippen MR) is 74.9 cm³/mol. The molecule has 0 atom stereocenters. The molecule has 0 saturated heterocycles. The van der Waals surface area contributed by atoms with Crippen LogP contribution in [0.2, 0.25) is 0 Å². The third-order valence-electron chi connectivity index (χ3n) is 3.62. The fourth-order valence-corrected chi connectivity index (χ4v) is 2.66. The van der Waals surface area contributed by atoms with Crippen molar-refractivity contribution in [3.63, 3.8) is 0 Å². The summed E-state index contributed by atoms with van der Waals surface area (Å²) in [6.07, 6.45) is 0. The van der Waals surface area contributed by atoms with Gasteiger partial charge in [-0.05, 0) is 31.2 Å². The van der Waals surface area contributed by atoms with E-state index in [4.69, 9.17) is 4.42 Å². The minimum atomic E-state index is -0.132. The van der Waals surface area contributed by atoms with E-state index in [1.165, 1.54) is 0 Å². The zero-order valence-corrected chi connectivity index (χ0v) is 11.0. The van der Waals surface area contributed by atoms with E-state index in [1.807, 2.05) is 31.2 Å². The molecule has 0 N–H and O–H groups in total. The topological polar surface area (TPSA) is 51.3 Å². The molecule has 0 spiro atoms. The summed E-state index contributed by atoms with van der Waals surface area (Å²) < 4.78 is 7.49. The molecule has 0 saturated carbocycles. The molecule has 0 bridgehead atoms. The van der Waals surface area contributed by atoms with Crippen LogP contribution >= 0.6 is 0 Å². The zero-order valence-electron chi connectivity index (χ0n) is 11.0. The first-order chi connectivity index (χ1) is 9.74. The van der Waals surface area contributed by atoms with Gasteiger partial charge in [-0.25, -0.2) is 4.98 Å². The van der Waals surface area contributed by atoms with Crippen molar-refractivity contribution in [2.24, 2.45) is 0 Å². The number of fused-ring (bicyclic) bond motifs is 3. The molecular formula is C15H13N3O2. The van der Waals surface area contributed by atoms with Crippen molar-refractivity contribution in [1.29, 1.82) is 0 Å². The van der Waals surface area contributed by atoms with Gasteiger partial charge in [0, 0.05) is 13.1 Å². The first-order valence-corrected chi connectivity index (χ1v) is 6.57. The average molecular weight is 267 g/mol. The number of anilines is 1. The lowest BCUT2D eigenvalue weighted by Gasteiger charge is -2.11. The van der Waals surface area contributed by atoms with Gasteiger partial charge in [-0.1, -0.05) is 12.1 Å². The minimum absolute atomic E-state index is 0.132. The van der Waals surface area contributed by atoms with Crippen LogP contribution in [0.25, 0.3) is 11.0 Å². The van der Waals surface area contributed by atoms with Gasteiger partial charge in [0.05, 0.1) is 11.0 Å². The van der Waals surface area contributed by atoms with Gasteiger partial charge in [-0.3, -0.25) is 9.69 Å². The minimum Gasteiger partial charge on any atom is -0.456 e. The molecule has 1 amide bonds. The molecule has 0 radical (unpaired) electrons. The summed E-state index contributed by atoms with van der Waals surface area (Å²) in [5, 5.41) is 0. The maximum absolute atomic E-state index is 12.5. The Kier molecular flexibility index (Phi) is 2.24. The smallest absolute Gasteiger partial charge is 0.296 e. The molecule has 0 aliphatic carbocycles. The van der Waals surface area contributed by atoms with E-state index in [0.717, 1.165) is 23.3 Å². The number of benzene rings is 1. The Morgan fingerprint density at radius 1 is 1.20 bits per heavy atom. The molecule has 20 heavy (non-hydrogen) atoms. The Morgan fingerprint density at radius 2 is 2.05 bits per heavy atom. The molecule has 1 aliphatic heterocycles. The highest BCUT2D eigenvalue weighted by molar-refractivity contribution is 6.04. The normalized spacial score (nSPS) is 13.9. The molecule has 5 heteroatoms. The van der Waals surface area contributed by atoms with E-state index in [1.54, 1.807) is 17.0 Å². The van der Waals surface area contributed by atoms with Gasteiger partial charge >= 0.3 is 0 Å². The monoisotopic (exact) mass is 267 g/mol. The maximum atomic E-state index is 12.5. The molecule has 5 nitrogen and oxygen atoms in total. The fourth-order valence-electron chi connectivity index (χ4n) is 2.66. The van der Waals surface area contributed by atoms with Crippen molar-refractivity contribution in [3.8, 4) is 0 Å². The second-order valence-electron chi connectivity index (χ2n) is 4.92. The highest BCUT2D eigenvalue weighted by Crippen LogP contribution is 2.28. The third kappa shape index (κ3) is 1.49. The Bertz CT molecular complexity index is 816. The van der Waals surface area contributed by atoms with Crippen LogP contribution in [0.15, 0.2) is 40.8 Å². The summed E-state index contributed by atoms with van der Waals surface area (Å²) in [5.41, 5.74) is 1.98. The molecule has 3 aromatic rings. The van der Waals surface area contributed by atoms with Crippen LogP contribution in [0.5, 0.6) is 0 Å². The summed E-state index contributed by atoms with van der Waals surface area (Å²) >= 11 is 0. The van der Waals surface area contributed by atoms with Gasteiger partial charge < -0.3 is 8.98 Å². The fraction of sp³-hybridized carbons (Fsp3) is 0.200. The molecule has 4 rings (SSSR count). The molecule has 3 heterocycles. The van der Waals surface area contributed by atoms with Gasteiger partial charge in [0.15, 0.2) is 5.76 Å². The van der Waals surface area contributed by atoms with Crippen LogP contribution < -0.4 is 4.90 Å². The molecule has 0 fully saturated rings. The van der Waals surface area contributed by atoms with Crippen molar-refractivity contribution < 1.29 is 9.21 Å². The summed E-state index contributed by atoms with van der Waals surface area (Å²) in [4.78, 5) is 18.7. The number of hydrogen-bond acceptors (Lipinski definition) is 3. The van der Waals surface area contributed by atoms with Gasteiger partial charge in [0.2, 0.25) is 5.95 Å². The summed E-state index contributed by atoms with van der Waals surface area (Å²) in [6, 6.07) is 11.4. The van der Waals surface area contributed by atoms with Crippen LogP contribution in [-0.2, 0) is 6.54 Å². The third-order valence-corrected chi connectivity index (χ3v) is 3.62. The van der Waals surface area contributed by atoms with Gasteiger partial charge in [0.25, 0.3) is 5.91 Å². The Morgan fingerprint density at radius 3 is 2.85 bits per heavy atom.